The van der Waals surface area contributed by atoms with E-state index in [1.165, 1.54) is 6.07 Å². The fourth-order valence-corrected chi connectivity index (χ4v) is 4.36. The van der Waals surface area contributed by atoms with E-state index in [0.717, 1.165) is 60.2 Å². The smallest absolute Gasteiger partial charge is 0.257 e. The standard InChI is InChI=1S/C25H28F2N4O/c1-31(2)22-14-23(30-21-9-4-3-6-18(21)22)29-17-12-10-16(11-13-17)15-28-25(32)24-19(26)7-5-8-20(24)27/h3-9,14,16-17H,10-13,15H2,1-2H3,(H,28,32)(H,29,30). The number of benzene rings is 2. The number of amides is 1. The van der Waals surface area contributed by atoms with Crippen molar-refractivity contribution in [3.05, 3.63) is 65.7 Å². The average molecular weight is 439 g/mol. The monoisotopic (exact) mass is 438 g/mol. The summed E-state index contributed by atoms with van der Waals surface area (Å²) in [6.45, 7) is 0.415. The van der Waals surface area contributed by atoms with Crippen LogP contribution in [0.5, 0.6) is 0 Å². The fourth-order valence-electron chi connectivity index (χ4n) is 4.36. The number of carbonyl (C=O) groups excluding carboxylic acids is 1. The van der Waals surface area contributed by atoms with Gasteiger partial charge in [-0.3, -0.25) is 4.79 Å². The Hall–Kier alpha value is -3.22. The molecule has 5 nitrogen and oxygen atoms in total. The molecule has 3 aromatic rings. The summed E-state index contributed by atoms with van der Waals surface area (Å²) >= 11 is 0. The number of aromatic nitrogens is 1. The minimum Gasteiger partial charge on any atom is -0.377 e. The molecule has 1 amide bonds. The number of hydrogen-bond acceptors (Lipinski definition) is 4. The highest BCUT2D eigenvalue weighted by Gasteiger charge is 2.24. The van der Waals surface area contributed by atoms with Gasteiger partial charge in [-0.2, -0.15) is 0 Å². The third-order valence-electron chi connectivity index (χ3n) is 6.12. The summed E-state index contributed by atoms with van der Waals surface area (Å²) in [5, 5.41) is 7.39. The molecule has 1 aromatic heterocycles. The second-order valence-corrected chi connectivity index (χ2v) is 8.61. The van der Waals surface area contributed by atoms with Gasteiger partial charge in [0, 0.05) is 43.8 Å². The Bertz CT molecular complexity index is 1090. The van der Waals surface area contributed by atoms with Gasteiger partial charge >= 0.3 is 0 Å². The molecular formula is C25H28F2N4O. The Balaban J connectivity index is 1.33. The normalized spacial score (nSPS) is 18.4. The van der Waals surface area contributed by atoms with Crippen LogP contribution >= 0.6 is 0 Å². The maximum Gasteiger partial charge on any atom is 0.257 e. The highest BCUT2D eigenvalue weighted by Crippen LogP contribution is 2.30. The quantitative estimate of drug-likeness (QED) is 0.570. The molecule has 7 heteroatoms. The number of nitrogens with one attached hydrogen (secondary N) is 2. The van der Waals surface area contributed by atoms with Crippen LogP contribution in [-0.2, 0) is 0 Å². The SMILES string of the molecule is CN(C)c1cc(NC2CCC(CNC(=O)c3c(F)cccc3F)CC2)nc2ccccc12. The lowest BCUT2D eigenvalue weighted by Crippen LogP contribution is -2.34. The fraction of sp³-hybridized carbons (Fsp3) is 0.360. The van der Waals surface area contributed by atoms with E-state index < -0.39 is 23.1 Å². The first-order valence-corrected chi connectivity index (χ1v) is 11.0. The molecule has 4 rings (SSSR count). The summed E-state index contributed by atoms with van der Waals surface area (Å²) in [5.41, 5.74) is 1.56. The number of hydrogen-bond donors (Lipinski definition) is 2. The van der Waals surface area contributed by atoms with Gasteiger partial charge in [-0.15, -0.1) is 0 Å². The van der Waals surface area contributed by atoms with Crippen LogP contribution in [0.25, 0.3) is 10.9 Å². The van der Waals surface area contributed by atoms with Crippen molar-refractivity contribution in [3.8, 4) is 0 Å². The van der Waals surface area contributed by atoms with E-state index in [4.69, 9.17) is 4.98 Å². The lowest BCUT2D eigenvalue weighted by Gasteiger charge is -2.30. The van der Waals surface area contributed by atoms with Crippen molar-refractivity contribution in [1.82, 2.24) is 10.3 Å². The van der Waals surface area contributed by atoms with Crippen molar-refractivity contribution in [1.29, 1.82) is 0 Å². The molecule has 32 heavy (non-hydrogen) atoms. The van der Waals surface area contributed by atoms with Crippen LogP contribution in [0.2, 0.25) is 0 Å². The molecule has 0 radical (unpaired) electrons. The first kappa shape index (κ1) is 22.0. The van der Waals surface area contributed by atoms with E-state index in [2.05, 4.69) is 27.7 Å². The molecule has 1 aliphatic carbocycles. The van der Waals surface area contributed by atoms with Gasteiger partial charge in [-0.05, 0) is 49.8 Å². The minimum atomic E-state index is -0.838. The number of nitrogens with zero attached hydrogens (tertiary/aromatic N) is 2. The van der Waals surface area contributed by atoms with Crippen LogP contribution < -0.4 is 15.5 Å². The van der Waals surface area contributed by atoms with Crippen LogP contribution in [0.15, 0.2) is 48.5 Å². The molecule has 0 aliphatic heterocycles. The molecule has 0 spiro atoms. The highest BCUT2D eigenvalue weighted by molar-refractivity contribution is 5.95. The van der Waals surface area contributed by atoms with Gasteiger partial charge in [-0.25, -0.2) is 13.8 Å². The van der Waals surface area contributed by atoms with Gasteiger partial charge in [-0.1, -0.05) is 24.3 Å². The molecule has 1 fully saturated rings. The van der Waals surface area contributed by atoms with Crippen molar-refractivity contribution in [2.45, 2.75) is 31.7 Å². The molecule has 2 aromatic carbocycles. The molecule has 0 bridgehead atoms. The maximum atomic E-state index is 13.8. The Morgan fingerprint density at radius 1 is 1.03 bits per heavy atom. The number of anilines is 2. The first-order chi connectivity index (χ1) is 15.4. The van der Waals surface area contributed by atoms with Crippen LogP contribution in [0.4, 0.5) is 20.3 Å². The predicted octanol–water partition coefficient (Wildman–Crippen LogP) is 4.98. The van der Waals surface area contributed by atoms with E-state index in [1.807, 2.05) is 32.3 Å². The average Bonchev–Trinajstić information content (AvgIpc) is 2.78. The third kappa shape index (κ3) is 4.82. The van der Waals surface area contributed by atoms with Crippen LogP contribution in [0.1, 0.15) is 36.0 Å². The Labute approximate surface area is 186 Å². The minimum absolute atomic E-state index is 0.286. The molecular weight excluding hydrogens is 410 g/mol. The zero-order chi connectivity index (χ0) is 22.7. The van der Waals surface area contributed by atoms with Gasteiger partial charge in [0.25, 0.3) is 5.91 Å². The van der Waals surface area contributed by atoms with Crippen molar-refractivity contribution in [2.75, 3.05) is 30.9 Å². The second-order valence-electron chi connectivity index (χ2n) is 8.61. The summed E-state index contributed by atoms with van der Waals surface area (Å²) in [5.74, 6) is -1.23. The molecule has 0 unspecified atom stereocenters. The van der Waals surface area contributed by atoms with Crippen LogP contribution in [0, 0.1) is 17.6 Å². The van der Waals surface area contributed by atoms with Crippen molar-refractivity contribution >= 4 is 28.3 Å². The summed E-state index contributed by atoms with van der Waals surface area (Å²) in [6.07, 6.45) is 3.73. The second kappa shape index (κ2) is 9.51. The van der Waals surface area contributed by atoms with Gasteiger partial charge in [0.1, 0.15) is 23.0 Å². The lowest BCUT2D eigenvalue weighted by molar-refractivity contribution is 0.0935. The van der Waals surface area contributed by atoms with Gasteiger partial charge < -0.3 is 15.5 Å². The zero-order valence-corrected chi connectivity index (χ0v) is 18.4. The predicted molar refractivity (Wildman–Crippen MR) is 124 cm³/mol. The number of halogens is 2. The molecule has 2 N–H and O–H groups in total. The Morgan fingerprint density at radius 3 is 2.41 bits per heavy atom. The van der Waals surface area contributed by atoms with Gasteiger partial charge in [0.15, 0.2) is 0 Å². The molecule has 168 valence electrons. The van der Waals surface area contributed by atoms with Crippen molar-refractivity contribution in [2.24, 2.45) is 5.92 Å². The van der Waals surface area contributed by atoms with E-state index in [0.29, 0.717) is 12.6 Å². The van der Waals surface area contributed by atoms with E-state index in [9.17, 15) is 13.6 Å². The summed E-state index contributed by atoms with van der Waals surface area (Å²) < 4.78 is 27.6. The summed E-state index contributed by atoms with van der Waals surface area (Å²) in [6, 6.07) is 13.9. The summed E-state index contributed by atoms with van der Waals surface area (Å²) in [4.78, 5) is 19.1. The molecule has 1 heterocycles. The maximum absolute atomic E-state index is 13.8. The van der Waals surface area contributed by atoms with Gasteiger partial charge in [0.2, 0.25) is 0 Å². The third-order valence-corrected chi connectivity index (χ3v) is 6.12. The Kier molecular flexibility index (Phi) is 6.53. The van der Waals surface area contributed by atoms with E-state index in [-0.39, 0.29) is 5.92 Å². The number of carbonyl (C=O) groups is 1. The number of pyridine rings is 1. The van der Waals surface area contributed by atoms with E-state index in [1.54, 1.807) is 0 Å². The number of rotatable bonds is 6. The first-order valence-electron chi connectivity index (χ1n) is 11.0. The largest absolute Gasteiger partial charge is 0.377 e. The highest BCUT2D eigenvalue weighted by atomic mass is 19.1. The topological polar surface area (TPSA) is 57.3 Å². The molecule has 1 saturated carbocycles. The van der Waals surface area contributed by atoms with Crippen LogP contribution in [-0.4, -0.2) is 37.6 Å². The number of para-hydroxylation sites is 1. The zero-order valence-electron chi connectivity index (χ0n) is 18.4. The van der Waals surface area contributed by atoms with E-state index >= 15 is 0 Å². The lowest BCUT2D eigenvalue weighted by atomic mass is 9.86. The van der Waals surface area contributed by atoms with Crippen molar-refractivity contribution in [3.63, 3.8) is 0 Å². The summed E-state index contributed by atoms with van der Waals surface area (Å²) in [7, 11) is 4.05. The molecule has 1 aliphatic rings. The van der Waals surface area contributed by atoms with Gasteiger partial charge in [0.05, 0.1) is 5.52 Å². The molecule has 0 saturated heterocycles. The Morgan fingerprint density at radius 2 is 1.72 bits per heavy atom. The number of fused-ring (bicyclic) bond motifs is 1. The van der Waals surface area contributed by atoms with Crippen LogP contribution in [0.3, 0.4) is 0 Å². The van der Waals surface area contributed by atoms with Crippen molar-refractivity contribution < 1.29 is 13.6 Å². The molecule has 0 atom stereocenters.